The molecule has 1 aromatic carbocycles. The molecule has 0 fully saturated rings. The van der Waals surface area contributed by atoms with E-state index < -0.39 is 53.3 Å². The minimum absolute atomic E-state index is 0.105. The molecular weight excluding hydrogens is 331 g/mol. The number of hydrogen-bond donors (Lipinski definition) is 1. The van der Waals surface area contributed by atoms with Gasteiger partial charge in [0.05, 0.1) is 22.8 Å². The van der Waals surface area contributed by atoms with Crippen LogP contribution in [0.15, 0.2) is 12.1 Å². The van der Waals surface area contributed by atoms with Crippen molar-refractivity contribution in [2.75, 3.05) is 0 Å². The zero-order chi connectivity index (χ0) is 17.5. The van der Waals surface area contributed by atoms with Crippen LogP contribution in [0.4, 0.5) is 39.5 Å². The third kappa shape index (κ3) is 3.65. The van der Waals surface area contributed by atoms with Gasteiger partial charge in [-0.05, 0) is 18.6 Å². The minimum atomic E-state index is -5.71. The van der Waals surface area contributed by atoms with Crippen LogP contribution in [-0.4, -0.2) is 5.11 Å². The summed E-state index contributed by atoms with van der Waals surface area (Å²) in [5.41, 5.74) is -8.53. The maximum atomic E-state index is 12.9. The summed E-state index contributed by atoms with van der Waals surface area (Å²) < 4.78 is 115. The normalized spacial score (nSPS) is 15.0. The average Bonchev–Trinajstić information content (AvgIpc) is 2.32. The van der Waals surface area contributed by atoms with Gasteiger partial charge in [0.1, 0.15) is 0 Å². The van der Waals surface area contributed by atoms with E-state index >= 15 is 0 Å². The van der Waals surface area contributed by atoms with Crippen LogP contribution < -0.4 is 0 Å². The molecule has 0 aliphatic heterocycles. The zero-order valence-electron chi connectivity index (χ0n) is 10.8. The molecule has 1 N–H and O–H groups in total. The van der Waals surface area contributed by atoms with Crippen molar-refractivity contribution in [3.63, 3.8) is 0 Å². The van der Waals surface area contributed by atoms with E-state index in [1.54, 1.807) is 0 Å². The molecule has 1 aromatic rings. The highest BCUT2D eigenvalue weighted by Gasteiger charge is 2.49. The van der Waals surface area contributed by atoms with E-state index in [-0.39, 0.29) is 12.1 Å². The van der Waals surface area contributed by atoms with E-state index in [2.05, 4.69) is 0 Å². The van der Waals surface area contributed by atoms with E-state index in [1.165, 1.54) is 0 Å². The van der Waals surface area contributed by atoms with E-state index in [0.29, 0.717) is 0 Å². The monoisotopic (exact) mass is 340 g/mol. The van der Waals surface area contributed by atoms with Crippen molar-refractivity contribution in [2.45, 2.75) is 38.0 Å². The molecule has 0 spiro atoms. The standard InChI is InChI=1S/C12H9F9O/c1-2-7(22)8-5(10(13,14)15)3-4-6(11(16,17)18)9(8)12(19,20)21/h3-4,7,22H,2H2,1H3. The maximum absolute atomic E-state index is 12.9. The number of alkyl halides is 9. The Hall–Kier alpha value is -1.45. The lowest BCUT2D eigenvalue weighted by Crippen LogP contribution is -2.24. The van der Waals surface area contributed by atoms with Gasteiger partial charge < -0.3 is 5.11 Å². The molecule has 126 valence electrons. The molecule has 0 radical (unpaired) electrons. The number of halogens is 9. The van der Waals surface area contributed by atoms with Crippen LogP contribution >= 0.6 is 0 Å². The van der Waals surface area contributed by atoms with Crippen LogP contribution in [0.5, 0.6) is 0 Å². The molecule has 0 saturated carbocycles. The minimum Gasteiger partial charge on any atom is -0.388 e. The maximum Gasteiger partial charge on any atom is 0.417 e. The molecular formula is C12H9F9O. The predicted molar refractivity (Wildman–Crippen MR) is 56.7 cm³/mol. The third-order valence-corrected chi connectivity index (χ3v) is 2.86. The van der Waals surface area contributed by atoms with Crippen LogP contribution in [0.1, 0.15) is 41.7 Å². The molecule has 0 aliphatic rings. The fourth-order valence-corrected chi connectivity index (χ4v) is 1.96. The summed E-state index contributed by atoms with van der Waals surface area (Å²) >= 11 is 0. The van der Waals surface area contributed by atoms with Crippen molar-refractivity contribution < 1.29 is 44.6 Å². The van der Waals surface area contributed by atoms with E-state index in [4.69, 9.17) is 0 Å². The number of hydrogen-bond acceptors (Lipinski definition) is 1. The van der Waals surface area contributed by atoms with Gasteiger partial charge in [-0.2, -0.15) is 39.5 Å². The first-order valence-electron chi connectivity index (χ1n) is 5.77. The summed E-state index contributed by atoms with van der Waals surface area (Å²) in [6.07, 6.45) is -19.5. The second kappa shape index (κ2) is 5.64. The molecule has 1 nitrogen and oxygen atoms in total. The Morgan fingerprint density at radius 2 is 1.23 bits per heavy atom. The van der Waals surface area contributed by atoms with Gasteiger partial charge in [0.15, 0.2) is 0 Å². The number of rotatable bonds is 2. The second-order valence-corrected chi connectivity index (χ2v) is 4.37. The first kappa shape index (κ1) is 18.6. The van der Waals surface area contributed by atoms with E-state index in [9.17, 15) is 44.6 Å². The van der Waals surface area contributed by atoms with Gasteiger partial charge in [-0.1, -0.05) is 6.92 Å². The molecule has 0 amide bonds. The first-order valence-corrected chi connectivity index (χ1v) is 5.77. The summed E-state index contributed by atoms with van der Waals surface area (Å²) in [4.78, 5) is 0. The van der Waals surface area contributed by atoms with Crippen molar-refractivity contribution in [2.24, 2.45) is 0 Å². The summed E-state index contributed by atoms with van der Waals surface area (Å²) in [5.74, 6) is 0. The van der Waals surface area contributed by atoms with E-state index in [1.807, 2.05) is 0 Å². The van der Waals surface area contributed by atoms with Crippen molar-refractivity contribution in [3.8, 4) is 0 Å². The highest BCUT2D eigenvalue weighted by Crippen LogP contribution is 2.48. The zero-order valence-corrected chi connectivity index (χ0v) is 10.8. The van der Waals surface area contributed by atoms with Crippen LogP contribution in [0.2, 0.25) is 0 Å². The molecule has 0 bridgehead atoms. The molecule has 0 aromatic heterocycles. The molecule has 10 heteroatoms. The highest BCUT2D eigenvalue weighted by atomic mass is 19.4. The van der Waals surface area contributed by atoms with Gasteiger partial charge in [-0.15, -0.1) is 0 Å². The molecule has 1 atom stereocenters. The molecule has 22 heavy (non-hydrogen) atoms. The summed E-state index contributed by atoms with van der Waals surface area (Å²) in [6, 6.07) is -0.385. The summed E-state index contributed by atoms with van der Waals surface area (Å²) in [7, 11) is 0. The van der Waals surface area contributed by atoms with Gasteiger partial charge in [-0.3, -0.25) is 0 Å². The fourth-order valence-electron chi connectivity index (χ4n) is 1.96. The quantitative estimate of drug-likeness (QED) is 0.735. The summed E-state index contributed by atoms with van der Waals surface area (Å²) in [6.45, 7) is 1.05. The Morgan fingerprint density at radius 3 is 1.55 bits per heavy atom. The smallest absolute Gasteiger partial charge is 0.388 e. The SMILES string of the molecule is CCC(O)c1c(C(F)(F)F)ccc(C(F)(F)F)c1C(F)(F)F. The van der Waals surface area contributed by atoms with Crippen molar-refractivity contribution >= 4 is 0 Å². The van der Waals surface area contributed by atoms with E-state index in [0.717, 1.165) is 6.92 Å². The first-order chi connectivity index (χ1) is 9.71. The molecule has 0 heterocycles. The molecule has 1 rings (SSSR count). The Labute approximate surface area is 118 Å². The number of aliphatic hydroxyl groups excluding tert-OH is 1. The van der Waals surface area contributed by atoms with Gasteiger partial charge in [0, 0.05) is 5.56 Å². The lowest BCUT2D eigenvalue weighted by atomic mass is 9.90. The second-order valence-electron chi connectivity index (χ2n) is 4.37. The lowest BCUT2D eigenvalue weighted by Gasteiger charge is -2.25. The molecule has 0 aliphatic carbocycles. The Bertz CT molecular complexity index is 539. The topological polar surface area (TPSA) is 20.2 Å². The lowest BCUT2D eigenvalue weighted by molar-refractivity contribution is -0.165. The van der Waals surface area contributed by atoms with Crippen LogP contribution in [-0.2, 0) is 18.5 Å². The average molecular weight is 340 g/mol. The third-order valence-electron chi connectivity index (χ3n) is 2.86. The van der Waals surface area contributed by atoms with Gasteiger partial charge in [-0.25, -0.2) is 0 Å². The summed E-state index contributed by atoms with van der Waals surface area (Å²) in [5, 5.41) is 9.44. The predicted octanol–water partition coefficient (Wildman–Crippen LogP) is 5.19. The fraction of sp³-hybridized carbons (Fsp3) is 0.500. The van der Waals surface area contributed by atoms with Crippen molar-refractivity contribution in [3.05, 3.63) is 34.4 Å². The van der Waals surface area contributed by atoms with Crippen LogP contribution in [0.3, 0.4) is 0 Å². The highest BCUT2D eigenvalue weighted by molar-refractivity contribution is 5.47. The number of aliphatic hydroxyl groups is 1. The van der Waals surface area contributed by atoms with Crippen LogP contribution in [0.25, 0.3) is 0 Å². The van der Waals surface area contributed by atoms with Crippen molar-refractivity contribution in [1.29, 1.82) is 0 Å². The van der Waals surface area contributed by atoms with Crippen molar-refractivity contribution in [1.82, 2.24) is 0 Å². The number of benzene rings is 1. The largest absolute Gasteiger partial charge is 0.417 e. The van der Waals surface area contributed by atoms with Gasteiger partial charge in [0.2, 0.25) is 0 Å². The Morgan fingerprint density at radius 1 is 0.818 bits per heavy atom. The van der Waals surface area contributed by atoms with Gasteiger partial charge >= 0.3 is 18.5 Å². The van der Waals surface area contributed by atoms with Gasteiger partial charge in [0.25, 0.3) is 0 Å². The molecule has 1 unspecified atom stereocenters. The van der Waals surface area contributed by atoms with Crippen LogP contribution in [0, 0.1) is 0 Å². The Balaban J connectivity index is 3.92. The molecule has 0 saturated heterocycles. The Kier molecular flexibility index (Phi) is 4.76.